The van der Waals surface area contributed by atoms with E-state index >= 15 is 0 Å². The zero-order valence-electron chi connectivity index (χ0n) is 10.2. The van der Waals surface area contributed by atoms with Crippen LogP contribution in [0.5, 0.6) is 0 Å². The smallest absolute Gasteiger partial charge is 0.239 e. The number of hydrogen-bond acceptors (Lipinski definition) is 6. The highest BCUT2D eigenvalue weighted by atomic mass is 32.1. The van der Waals surface area contributed by atoms with Crippen LogP contribution >= 0.6 is 11.3 Å². The minimum atomic E-state index is 0.465. The number of nitrogens with one attached hydrogen (secondary N) is 1. The number of nitrogens with two attached hydrogens (primary N) is 1. The number of nitrogen functional groups attached to an aromatic ring is 1. The summed E-state index contributed by atoms with van der Waals surface area (Å²) in [7, 11) is 0. The molecule has 18 heavy (non-hydrogen) atoms. The van der Waals surface area contributed by atoms with Gasteiger partial charge in [-0.1, -0.05) is 0 Å². The minimum Gasteiger partial charge on any atom is -0.351 e. The largest absolute Gasteiger partial charge is 0.351 e. The summed E-state index contributed by atoms with van der Waals surface area (Å²) >= 11 is 1.84. The van der Waals surface area contributed by atoms with Crippen LogP contribution in [0.2, 0.25) is 0 Å². The summed E-state index contributed by atoms with van der Waals surface area (Å²) in [6.45, 7) is 3.94. The normalized spacial score (nSPS) is 14.4. The molecular weight excluding hydrogens is 246 g/mol. The van der Waals surface area contributed by atoms with Crippen LogP contribution in [0.15, 0.2) is 17.6 Å². The van der Waals surface area contributed by atoms with Gasteiger partial charge in [-0.2, -0.15) is 4.98 Å². The van der Waals surface area contributed by atoms with E-state index in [-0.39, 0.29) is 0 Å². The molecule has 0 aromatic carbocycles. The molecule has 0 saturated carbocycles. The Kier molecular flexibility index (Phi) is 2.89. The Labute approximate surface area is 110 Å². The fraction of sp³-hybridized carbons (Fsp3) is 0.333. The lowest BCUT2D eigenvalue weighted by molar-refractivity contribution is 0.727. The summed E-state index contributed by atoms with van der Waals surface area (Å²) in [6, 6.07) is 2.20. The van der Waals surface area contributed by atoms with Gasteiger partial charge in [0.05, 0.1) is 0 Å². The molecule has 0 spiro atoms. The SMILES string of the molecule is Cc1cnc(NN)nc1N1CCc2sccc2C1. The number of hydrazine groups is 1. The van der Waals surface area contributed by atoms with Gasteiger partial charge in [-0.25, -0.2) is 10.8 Å². The van der Waals surface area contributed by atoms with E-state index in [1.807, 2.05) is 18.3 Å². The molecule has 0 amide bonds. The third-order valence-corrected chi connectivity index (χ3v) is 4.20. The highest BCUT2D eigenvalue weighted by molar-refractivity contribution is 7.10. The van der Waals surface area contributed by atoms with Crippen molar-refractivity contribution < 1.29 is 0 Å². The Morgan fingerprint density at radius 1 is 1.50 bits per heavy atom. The highest BCUT2D eigenvalue weighted by Crippen LogP contribution is 2.28. The molecule has 3 heterocycles. The Morgan fingerprint density at radius 2 is 2.39 bits per heavy atom. The number of nitrogens with zero attached hydrogens (tertiary/aromatic N) is 3. The first-order valence-electron chi connectivity index (χ1n) is 5.88. The summed E-state index contributed by atoms with van der Waals surface area (Å²) in [4.78, 5) is 12.3. The number of aromatic nitrogens is 2. The molecule has 2 aromatic rings. The average molecular weight is 261 g/mol. The van der Waals surface area contributed by atoms with Gasteiger partial charge in [-0.3, -0.25) is 5.43 Å². The predicted molar refractivity (Wildman–Crippen MR) is 73.7 cm³/mol. The molecular formula is C12H15N5S. The second-order valence-electron chi connectivity index (χ2n) is 4.39. The Balaban J connectivity index is 1.92. The van der Waals surface area contributed by atoms with E-state index in [0.29, 0.717) is 5.95 Å². The Bertz CT molecular complexity index is 565. The van der Waals surface area contributed by atoms with Gasteiger partial charge in [-0.15, -0.1) is 11.3 Å². The van der Waals surface area contributed by atoms with Gasteiger partial charge >= 0.3 is 0 Å². The van der Waals surface area contributed by atoms with Gasteiger partial charge in [-0.05, 0) is 30.4 Å². The van der Waals surface area contributed by atoms with Crippen LogP contribution in [-0.4, -0.2) is 16.5 Å². The van der Waals surface area contributed by atoms with Crippen molar-refractivity contribution in [2.45, 2.75) is 19.9 Å². The number of anilines is 2. The highest BCUT2D eigenvalue weighted by Gasteiger charge is 2.20. The Morgan fingerprint density at radius 3 is 3.22 bits per heavy atom. The quantitative estimate of drug-likeness (QED) is 0.636. The number of rotatable bonds is 2. The molecule has 0 radical (unpaired) electrons. The van der Waals surface area contributed by atoms with Crippen LogP contribution in [0, 0.1) is 6.92 Å². The second-order valence-corrected chi connectivity index (χ2v) is 5.39. The first kappa shape index (κ1) is 11.4. The van der Waals surface area contributed by atoms with Crippen LogP contribution in [0.4, 0.5) is 11.8 Å². The third-order valence-electron chi connectivity index (χ3n) is 3.18. The van der Waals surface area contributed by atoms with Crippen molar-refractivity contribution in [1.29, 1.82) is 0 Å². The van der Waals surface area contributed by atoms with Gasteiger partial charge in [0, 0.05) is 29.7 Å². The van der Waals surface area contributed by atoms with E-state index in [9.17, 15) is 0 Å². The Hall–Kier alpha value is -1.66. The van der Waals surface area contributed by atoms with Crippen molar-refractivity contribution in [3.05, 3.63) is 33.6 Å². The maximum Gasteiger partial charge on any atom is 0.239 e. The summed E-state index contributed by atoms with van der Waals surface area (Å²) in [5.74, 6) is 6.80. The van der Waals surface area contributed by atoms with Crippen molar-refractivity contribution in [3.63, 3.8) is 0 Å². The molecule has 0 bridgehead atoms. The molecule has 0 unspecified atom stereocenters. The first-order chi connectivity index (χ1) is 8.78. The molecule has 0 saturated heterocycles. The van der Waals surface area contributed by atoms with Crippen molar-refractivity contribution in [3.8, 4) is 0 Å². The predicted octanol–water partition coefficient (Wildman–Crippen LogP) is 1.69. The van der Waals surface area contributed by atoms with Crippen molar-refractivity contribution >= 4 is 23.1 Å². The zero-order valence-corrected chi connectivity index (χ0v) is 11.0. The van der Waals surface area contributed by atoms with E-state index < -0.39 is 0 Å². The van der Waals surface area contributed by atoms with Gasteiger partial charge in [0.1, 0.15) is 5.82 Å². The summed E-state index contributed by atoms with van der Waals surface area (Å²) < 4.78 is 0. The molecule has 6 heteroatoms. The number of hydrogen-bond donors (Lipinski definition) is 2. The first-order valence-corrected chi connectivity index (χ1v) is 6.76. The standard InChI is InChI=1S/C12H15N5S/c1-8-6-14-12(16-13)15-11(8)17-4-2-10-9(7-17)3-5-18-10/h3,5-6H,2,4,7,13H2,1H3,(H,14,15,16). The zero-order chi connectivity index (χ0) is 12.5. The van der Waals surface area contributed by atoms with Crippen LogP contribution in [-0.2, 0) is 13.0 Å². The number of fused-ring (bicyclic) bond motifs is 1. The lowest BCUT2D eigenvalue weighted by Gasteiger charge is -2.29. The van der Waals surface area contributed by atoms with E-state index in [4.69, 9.17) is 5.84 Å². The number of aryl methyl sites for hydroxylation is 1. The van der Waals surface area contributed by atoms with E-state index in [1.54, 1.807) is 6.20 Å². The summed E-state index contributed by atoms with van der Waals surface area (Å²) in [6.07, 6.45) is 2.89. The van der Waals surface area contributed by atoms with E-state index in [2.05, 4.69) is 31.7 Å². The minimum absolute atomic E-state index is 0.465. The van der Waals surface area contributed by atoms with Crippen molar-refractivity contribution in [2.75, 3.05) is 16.9 Å². The molecule has 1 aliphatic heterocycles. The number of thiophene rings is 1. The average Bonchev–Trinajstić information content (AvgIpc) is 2.86. The summed E-state index contributed by atoms with van der Waals surface area (Å²) in [5.41, 5.74) is 4.99. The maximum absolute atomic E-state index is 5.37. The molecule has 3 N–H and O–H groups in total. The van der Waals surface area contributed by atoms with Crippen LogP contribution < -0.4 is 16.2 Å². The molecule has 0 atom stereocenters. The molecule has 2 aromatic heterocycles. The lowest BCUT2D eigenvalue weighted by atomic mass is 10.1. The fourth-order valence-corrected chi connectivity index (χ4v) is 3.14. The summed E-state index contributed by atoms with van der Waals surface area (Å²) in [5, 5.41) is 2.16. The second kappa shape index (κ2) is 4.55. The van der Waals surface area contributed by atoms with Gasteiger partial charge < -0.3 is 4.90 Å². The monoisotopic (exact) mass is 261 g/mol. The van der Waals surface area contributed by atoms with E-state index in [0.717, 1.165) is 30.9 Å². The topological polar surface area (TPSA) is 67.1 Å². The lowest BCUT2D eigenvalue weighted by Crippen LogP contribution is -2.31. The van der Waals surface area contributed by atoms with Crippen LogP contribution in [0.25, 0.3) is 0 Å². The molecule has 5 nitrogen and oxygen atoms in total. The molecule has 94 valence electrons. The van der Waals surface area contributed by atoms with Crippen LogP contribution in [0.1, 0.15) is 16.0 Å². The fourth-order valence-electron chi connectivity index (χ4n) is 2.25. The van der Waals surface area contributed by atoms with Crippen molar-refractivity contribution in [1.82, 2.24) is 9.97 Å². The van der Waals surface area contributed by atoms with E-state index in [1.165, 1.54) is 10.4 Å². The van der Waals surface area contributed by atoms with Crippen LogP contribution in [0.3, 0.4) is 0 Å². The molecule has 0 fully saturated rings. The molecule has 3 rings (SSSR count). The van der Waals surface area contributed by atoms with Gasteiger partial charge in [0.25, 0.3) is 0 Å². The van der Waals surface area contributed by atoms with Crippen molar-refractivity contribution in [2.24, 2.45) is 5.84 Å². The third kappa shape index (κ3) is 1.93. The van der Waals surface area contributed by atoms with Gasteiger partial charge in [0.2, 0.25) is 5.95 Å². The molecule has 0 aliphatic carbocycles. The van der Waals surface area contributed by atoms with Gasteiger partial charge in [0.15, 0.2) is 0 Å². The molecule has 1 aliphatic rings. The maximum atomic E-state index is 5.37.